The number of amides is 2. The summed E-state index contributed by atoms with van der Waals surface area (Å²) >= 11 is 6.11. The number of halogens is 4. The lowest BCUT2D eigenvalue weighted by Gasteiger charge is -2.20. The van der Waals surface area contributed by atoms with Crippen LogP contribution in [-0.4, -0.2) is 37.7 Å². The number of hydrogen-bond donors (Lipinski definition) is 2. The Balaban J connectivity index is 1.57. The van der Waals surface area contributed by atoms with E-state index in [0.29, 0.717) is 26.1 Å². The highest BCUT2D eigenvalue weighted by atomic mass is 35.5. The first-order valence-corrected chi connectivity index (χ1v) is 10.1. The van der Waals surface area contributed by atoms with Gasteiger partial charge in [0.05, 0.1) is 16.3 Å². The lowest BCUT2D eigenvalue weighted by Crippen LogP contribution is -2.27. The smallest absolute Gasteiger partial charge is 0.418 e. The molecule has 2 aromatic rings. The molecule has 1 fully saturated rings. The third-order valence-electron chi connectivity index (χ3n) is 4.92. The van der Waals surface area contributed by atoms with Crippen molar-refractivity contribution in [1.29, 1.82) is 0 Å². The van der Waals surface area contributed by atoms with Crippen molar-refractivity contribution in [1.82, 2.24) is 0 Å². The molecule has 2 aliphatic heterocycles. The van der Waals surface area contributed by atoms with E-state index in [9.17, 15) is 22.8 Å². The van der Waals surface area contributed by atoms with Crippen LogP contribution in [0.25, 0.3) is 0 Å². The lowest BCUT2D eigenvalue weighted by molar-refractivity contribution is -0.137. The van der Waals surface area contributed by atoms with Gasteiger partial charge in [-0.2, -0.15) is 13.2 Å². The summed E-state index contributed by atoms with van der Waals surface area (Å²) in [6.45, 7) is 0.982. The number of carbonyl (C=O) groups excluding carboxylic acids is 2. The summed E-state index contributed by atoms with van der Waals surface area (Å²) in [6.07, 6.45) is -4.26. The Bertz CT molecular complexity index is 1050. The van der Waals surface area contributed by atoms with Crippen LogP contribution in [0, 0.1) is 0 Å². The summed E-state index contributed by atoms with van der Waals surface area (Å²) in [4.78, 5) is 24.8. The van der Waals surface area contributed by atoms with Gasteiger partial charge in [0.25, 0.3) is 11.8 Å². The average Bonchev–Trinajstić information content (AvgIpc) is 3.29. The van der Waals surface area contributed by atoms with E-state index in [2.05, 4.69) is 10.6 Å². The Morgan fingerprint density at radius 3 is 2.53 bits per heavy atom. The van der Waals surface area contributed by atoms with Gasteiger partial charge in [-0.15, -0.1) is 0 Å². The molecule has 2 aromatic carbocycles. The van der Waals surface area contributed by atoms with E-state index in [1.54, 1.807) is 0 Å². The molecule has 7 nitrogen and oxygen atoms in total. The number of rotatable bonds is 4. The molecular formula is C21H18ClF3N2O5. The van der Waals surface area contributed by atoms with Gasteiger partial charge < -0.3 is 24.8 Å². The minimum absolute atomic E-state index is 0.00290. The van der Waals surface area contributed by atoms with Crippen molar-refractivity contribution in [3.8, 4) is 11.5 Å². The number of anilines is 2. The zero-order chi connectivity index (χ0) is 22.9. The van der Waals surface area contributed by atoms with Gasteiger partial charge in [0, 0.05) is 17.9 Å². The fourth-order valence-corrected chi connectivity index (χ4v) is 3.67. The maximum Gasteiger partial charge on any atom is 0.418 e. The Morgan fingerprint density at radius 1 is 1.03 bits per heavy atom. The van der Waals surface area contributed by atoms with Crippen molar-refractivity contribution in [2.45, 2.75) is 25.1 Å². The highest BCUT2D eigenvalue weighted by Crippen LogP contribution is 2.40. The third-order valence-corrected chi connectivity index (χ3v) is 5.20. The fourth-order valence-electron chi connectivity index (χ4n) is 3.41. The second kappa shape index (κ2) is 8.87. The van der Waals surface area contributed by atoms with Crippen molar-refractivity contribution in [2.75, 3.05) is 30.5 Å². The number of fused-ring (bicyclic) bond motifs is 1. The first-order valence-electron chi connectivity index (χ1n) is 9.76. The normalized spacial score (nSPS) is 17.7. The fraction of sp³-hybridized carbons (Fsp3) is 0.333. The molecule has 2 heterocycles. The van der Waals surface area contributed by atoms with Crippen molar-refractivity contribution in [3.63, 3.8) is 0 Å². The maximum absolute atomic E-state index is 13.7. The summed E-state index contributed by atoms with van der Waals surface area (Å²) in [5, 5.41) is 4.78. The van der Waals surface area contributed by atoms with Crippen molar-refractivity contribution in [2.24, 2.45) is 0 Å². The number of alkyl halides is 3. The molecule has 0 spiro atoms. The molecule has 4 rings (SSSR count). The van der Waals surface area contributed by atoms with Gasteiger partial charge in [-0.05, 0) is 43.2 Å². The van der Waals surface area contributed by atoms with Crippen LogP contribution in [-0.2, 0) is 15.7 Å². The lowest BCUT2D eigenvalue weighted by atomic mass is 10.1. The summed E-state index contributed by atoms with van der Waals surface area (Å²) in [5.41, 5.74) is -1.63. The second-order valence-electron chi connectivity index (χ2n) is 7.19. The van der Waals surface area contributed by atoms with E-state index in [1.165, 1.54) is 18.2 Å². The van der Waals surface area contributed by atoms with Gasteiger partial charge >= 0.3 is 6.18 Å². The van der Waals surface area contributed by atoms with Crippen molar-refractivity contribution >= 4 is 34.8 Å². The van der Waals surface area contributed by atoms with Gasteiger partial charge in [0.15, 0.2) is 11.5 Å². The topological polar surface area (TPSA) is 85.9 Å². The van der Waals surface area contributed by atoms with Gasteiger partial charge in [-0.3, -0.25) is 9.59 Å². The number of nitrogens with one attached hydrogen (secondary N) is 2. The molecule has 2 N–H and O–H groups in total. The molecule has 2 aliphatic rings. The van der Waals surface area contributed by atoms with Crippen molar-refractivity contribution < 1.29 is 37.0 Å². The van der Waals surface area contributed by atoms with E-state index in [1.807, 2.05) is 0 Å². The molecule has 0 aliphatic carbocycles. The summed E-state index contributed by atoms with van der Waals surface area (Å²) < 4.78 is 57.0. The quantitative estimate of drug-likeness (QED) is 0.687. The zero-order valence-corrected chi connectivity index (χ0v) is 17.3. The molecule has 2 amide bonds. The Labute approximate surface area is 185 Å². The molecule has 0 aromatic heterocycles. The van der Waals surface area contributed by atoms with Gasteiger partial charge in [-0.25, -0.2) is 0 Å². The third kappa shape index (κ3) is 4.76. The molecule has 0 bridgehead atoms. The van der Waals surface area contributed by atoms with Crippen LogP contribution >= 0.6 is 11.6 Å². The first-order chi connectivity index (χ1) is 15.2. The van der Waals surface area contributed by atoms with E-state index < -0.39 is 35.3 Å². The number of hydrogen-bond acceptors (Lipinski definition) is 5. The molecule has 32 heavy (non-hydrogen) atoms. The highest BCUT2D eigenvalue weighted by Gasteiger charge is 2.35. The molecule has 0 radical (unpaired) electrons. The van der Waals surface area contributed by atoms with Crippen LogP contribution in [0.3, 0.4) is 0 Å². The van der Waals surface area contributed by atoms with Gasteiger partial charge in [-0.1, -0.05) is 11.6 Å². The second-order valence-corrected chi connectivity index (χ2v) is 7.59. The van der Waals surface area contributed by atoms with Crippen LogP contribution in [0.15, 0.2) is 30.3 Å². The maximum atomic E-state index is 13.7. The van der Waals surface area contributed by atoms with Gasteiger partial charge in [0.2, 0.25) is 0 Å². The van der Waals surface area contributed by atoms with Crippen LogP contribution < -0.4 is 20.1 Å². The molecule has 1 atom stereocenters. The monoisotopic (exact) mass is 470 g/mol. The van der Waals surface area contributed by atoms with E-state index in [-0.39, 0.29) is 34.4 Å². The largest absolute Gasteiger partial charge is 0.486 e. The van der Waals surface area contributed by atoms with Crippen LogP contribution in [0.2, 0.25) is 5.02 Å². The number of ether oxygens (including phenoxy) is 3. The molecule has 11 heteroatoms. The molecule has 1 saturated heterocycles. The van der Waals surface area contributed by atoms with Crippen LogP contribution in [0.1, 0.15) is 28.8 Å². The Hall–Kier alpha value is -2.98. The van der Waals surface area contributed by atoms with Crippen LogP contribution in [0.5, 0.6) is 11.5 Å². The minimum atomic E-state index is -4.78. The first kappa shape index (κ1) is 22.2. The van der Waals surface area contributed by atoms with E-state index >= 15 is 0 Å². The molecular weight excluding hydrogens is 453 g/mol. The number of carbonyl (C=O) groups is 2. The summed E-state index contributed by atoms with van der Waals surface area (Å²) in [7, 11) is 0. The Kier molecular flexibility index (Phi) is 6.16. The summed E-state index contributed by atoms with van der Waals surface area (Å²) in [6, 6.07) is 5.74. The molecule has 1 unspecified atom stereocenters. The minimum Gasteiger partial charge on any atom is -0.486 e. The van der Waals surface area contributed by atoms with Crippen LogP contribution in [0.4, 0.5) is 24.5 Å². The van der Waals surface area contributed by atoms with Crippen molar-refractivity contribution in [3.05, 3.63) is 46.5 Å². The molecule has 0 saturated carbocycles. The van der Waals surface area contributed by atoms with E-state index in [0.717, 1.165) is 12.1 Å². The standard InChI is InChI=1S/C21H18ClF3N2O5/c22-14-8-11(9-17-18(14)32-7-6-31-17)19(28)27-15-4-3-12(10-13(15)21(23,24)25)26-20(29)16-2-1-5-30-16/h3-4,8-10,16H,1-2,5-7H2,(H,26,29)(H,27,28). The SMILES string of the molecule is O=C(Nc1ccc(NC(=O)C2CCCO2)cc1C(F)(F)F)c1cc(Cl)c2c(c1)OCCO2. The number of benzene rings is 2. The highest BCUT2D eigenvalue weighted by molar-refractivity contribution is 6.32. The average molecular weight is 471 g/mol. The van der Waals surface area contributed by atoms with Gasteiger partial charge in [0.1, 0.15) is 19.3 Å². The predicted molar refractivity (Wildman–Crippen MR) is 109 cm³/mol. The van der Waals surface area contributed by atoms with E-state index in [4.69, 9.17) is 25.8 Å². The molecule has 170 valence electrons. The summed E-state index contributed by atoms with van der Waals surface area (Å²) in [5.74, 6) is -0.822. The Morgan fingerprint density at radius 2 is 1.81 bits per heavy atom. The predicted octanol–water partition coefficient (Wildman–Crippen LogP) is 4.50. The zero-order valence-electron chi connectivity index (χ0n) is 16.6.